The molecule has 9 rings (SSSR count). The topological polar surface area (TPSA) is 14.8 Å². The minimum absolute atomic E-state index is 0.396. The van der Waals surface area contributed by atoms with Crippen LogP contribution in [0, 0.1) is 5.92 Å². The Hall–Kier alpha value is -5.02. The molecule has 1 aliphatic carbocycles. The van der Waals surface area contributed by atoms with E-state index in [-0.39, 0.29) is 0 Å². The maximum Gasteiger partial charge on any atom is 0.0541 e. The SMILES string of the molecule is CCCCC(CC)Cn1c2c(c3cc(-n4c5ccccc5c5ccccc54)ccc31)C=C(n1c3ccccc3c3ccccc31)CC2C. The number of rotatable bonds is 8. The molecular formula is C45H43N3. The molecule has 0 saturated heterocycles. The van der Waals surface area contributed by atoms with Crippen LogP contribution >= 0.6 is 0 Å². The van der Waals surface area contributed by atoms with Gasteiger partial charge in [0.25, 0.3) is 0 Å². The highest BCUT2D eigenvalue weighted by molar-refractivity contribution is 6.12. The maximum atomic E-state index is 2.72. The van der Waals surface area contributed by atoms with E-state index in [0.29, 0.717) is 11.8 Å². The second-order valence-corrected chi connectivity index (χ2v) is 14.0. The lowest BCUT2D eigenvalue weighted by Gasteiger charge is -2.26. The second-order valence-electron chi connectivity index (χ2n) is 14.0. The van der Waals surface area contributed by atoms with Gasteiger partial charge in [-0.15, -0.1) is 0 Å². The van der Waals surface area contributed by atoms with Crippen molar-refractivity contribution in [2.75, 3.05) is 0 Å². The van der Waals surface area contributed by atoms with E-state index in [2.05, 4.69) is 156 Å². The number of fused-ring (bicyclic) bond motifs is 9. The average Bonchev–Trinajstić information content (AvgIpc) is 3.76. The van der Waals surface area contributed by atoms with E-state index in [4.69, 9.17) is 0 Å². The maximum absolute atomic E-state index is 2.72. The van der Waals surface area contributed by atoms with E-state index in [1.165, 1.54) is 103 Å². The predicted octanol–water partition coefficient (Wildman–Crippen LogP) is 12.6. The van der Waals surface area contributed by atoms with Crippen LogP contribution in [-0.2, 0) is 6.54 Å². The number of benzene rings is 5. The summed E-state index contributed by atoms with van der Waals surface area (Å²) in [5.41, 5.74) is 12.0. The number of allylic oxidation sites excluding steroid dienone is 1. The fraction of sp³-hybridized carbons (Fsp3) is 0.244. The van der Waals surface area contributed by atoms with Gasteiger partial charge in [-0.2, -0.15) is 0 Å². The van der Waals surface area contributed by atoms with Crippen LogP contribution in [0.1, 0.15) is 70.1 Å². The normalized spacial score (nSPS) is 15.6. The monoisotopic (exact) mass is 625 g/mol. The first kappa shape index (κ1) is 29.1. The molecule has 0 spiro atoms. The standard InChI is InChI=1S/C45H43N3/c1-4-6-15-31(5-2)29-46-40-25-24-32(47-41-20-11-7-16-34(41)35-17-8-12-21-42(35)47)27-38(40)39-28-33(26-30(3)45(39)46)48-43-22-13-9-18-36(43)37-19-10-14-23-44(37)48/h7-14,16-25,27-28,30-31H,4-6,15,26,29H2,1-3H3. The van der Waals surface area contributed by atoms with Crippen LogP contribution in [0.15, 0.2) is 115 Å². The quantitative estimate of drug-likeness (QED) is 0.160. The molecule has 0 aliphatic heterocycles. The van der Waals surface area contributed by atoms with Gasteiger partial charge in [-0.3, -0.25) is 0 Å². The Morgan fingerprint density at radius 2 is 1.17 bits per heavy atom. The zero-order valence-electron chi connectivity index (χ0n) is 28.3. The molecule has 2 atom stereocenters. The Bertz CT molecular complexity index is 2410. The minimum Gasteiger partial charge on any atom is -0.343 e. The van der Waals surface area contributed by atoms with Crippen molar-refractivity contribution in [3.05, 3.63) is 127 Å². The molecule has 3 heterocycles. The fourth-order valence-corrected chi connectivity index (χ4v) is 8.81. The van der Waals surface area contributed by atoms with Crippen molar-refractivity contribution in [1.29, 1.82) is 0 Å². The summed E-state index contributed by atoms with van der Waals surface area (Å²) < 4.78 is 7.72. The average molecular weight is 626 g/mol. The minimum atomic E-state index is 0.396. The van der Waals surface area contributed by atoms with Crippen molar-refractivity contribution in [1.82, 2.24) is 13.7 Å². The molecule has 0 bridgehead atoms. The summed E-state index contributed by atoms with van der Waals surface area (Å²) in [6, 6.07) is 42.8. The number of aromatic nitrogens is 3. The van der Waals surface area contributed by atoms with Crippen LogP contribution in [-0.4, -0.2) is 13.7 Å². The van der Waals surface area contributed by atoms with Gasteiger partial charge in [-0.05, 0) is 67.3 Å². The first-order valence-electron chi connectivity index (χ1n) is 18.0. The van der Waals surface area contributed by atoms with Crippen LogP contribution in [0.5, 0.6) is 0 Å². The highest BCUT2D eigenvalue weighted by Gasteiger charge is 2.29. The van der Waals surface area contributed by atoms with Gasteiger partial charge in [0, 0.05) is 67.6 Å². The molecule has 5 aromatic carbocycles. The van der Waals surface area contributed by atoms with Crippen LogP contribution in [0.3, 0.4) is 0 Å². The molecule has 0 saturated carbocycles. The number of unbranched alkanes of at least 4 members (excludes halogenated alkanes) is 1. The van der Waals surface area contributed by atoms with Crippen molar-refractivity contribution < 1.29 is 0 Å². The first-order valence-corrected chi connectivity index (χ1v) is 18.0. The molecule has 0 fully saturated rings. The second kappa shape index (κ2) is 11.6. The Kier molecular flexibility index (Phi) is 7.04. The summed E-state index contributed by atoms with van der Waals surface area (Å²) in [5.74, 6) is 1.07. The Morgan fingerprint density at radius 1 is 0.625 bits per heavy atom. The number of para-hydroxylation sites is 4. The van der Waals surface area contributed by atoms with Crippen molar-refractivity contribution in [2.24, 2.45) is 5.92 Å². The van der Waals surface area contributed by atoms with Crippen LogP contribution < -0.4 is 0 Å². The van der Waals surface area contributed by atoms with Gasteiger partial charge >= 0.3 is 0 Å². The summed E-state index contributed by atoms with van der Waals surface area (Å²) in [7, 11) is 0. The molecular weight excluding hydrogens is 583 g/mol. The summed E-state index contributed by atoms with van der Waals surface area (Å²) in [4.78, 5) is 0. The van der Waals surface area contributed by atoms with E-state index in [0.717, 1.165) is 13.0 Å². The van der Waals surface area contributed by atoms with E-state index in [1.54, 1.807) is 0 Å². The van der Waals surface area contributed by atoms with Gasteiger partial charge in [-0.1, -0.05) is 113 Å². The number of hydrogen-bond acceptors (Lipinski definition) is 0. The largest absolute Gasteiger partial charge is 0.343 e. The third-order valence-electron chi connectivity index (χ3n) is 11.1. The number of nitrogens with zero attached hydrogens (tertiary/aromatic N) is 3. The zero-order chi connectivity index (χ0) is 32.4. The van der Waals surface area contributed by atoms with Gasteiger partial charge in [0.05, 0.1) is 22.1 Å². The molecule has 48 heavy (non-hydrogen) atoms. The molecule has 0 radical (unpaired) electrons. The van der Waals surface area contributed by atoms with Crippen molar-refractivity contribution in [3.8, 4) is 5.69 Å². The molecule has 3 heteroatoms. The molecule has 238 valence electrons. The van der Waals surface area contributed by atoms with Gasteiger partial charge in [-0.25, -0.2) is 0 Å². The van der Waals surface area contributed by atoms with E-state index >= 15 is 0 Å². The summed E-state index contributed by atoms with van der Waals surface area (Å²) in [6.07, 6.45) is 8.60. The third-order valence-corrected chi connectivity index (χ3v) is 11.1. The number of hydrogen-bond donors (Lipinski definition) is 0. The molecule has 1 aliphatic rings. The Morgan fingerprint density at radius 3 is 1.71 bits per heavy atom. The first-order chi connectivity index (χ1) is 23.7. The lowest BCUT2D eigenvalue weighted by Crippen LogP contribution is -2.16. The van der Waals surface area contributed by atoms with Crippen molar-refractivity contribution in [3.63, 3.8) is 0 Å². The van der Waals surface area contributed by atoms with Crippen molar-refractivity contribution in [2.45, 2.75) is 65.3 Å². The molecule has 3 aromatic heterocycles. The van der Waals surface area contributed by atoms with Gasteiger partial charge in [0.15, 0.2) is 0 Å². The molecule has 0 amide bonds. The third kappa shape index (κ3) is 4.40. The van der Waals surface area contributed by atoms with E-state index in [9.17, 15) is 0 Å². The van der Waals surface area contributed by atoms with Crippen LogP contribution in [0.2, 0.25) is 0 Å². The van der Waals surface area contributed by atoms with Crippen molar-refractivity contribution >= 4 is 66.3 Å². The molecule has 3 nitrogen and oxygen atoms in total. The van der Waals surface area contributed by atoms with Gasteiger partial charge < -0.3 is 13.7 Å². The van der Waals surface area contributed by atoms with E-state index < -0.39 is 0 Å². The molecule has 8 aromatic rings. The highest BCUT2D eigenvalue weighted by Crippen LogP contribution is 2.45. The fourth-order valence-electron chi connectivity index (χ4n) is 8.81. The summed E-state index contributed by atoms with van der Waals surface area (Å²) >= 11 is 0. The van der Waals surface area contributed by atoms with E-state index in [1.807, 2.05) is 0 Å². The van der Waals surface area contributed by atoms with Crippen LogP contribution in [0.4, 0.5) is 0 Å². The van der Waals surface area contributed by atoms with Gasteiger partial charge in [0.2, 0.25) is 0 Å². The summed E-state index contributed by atoms with van der Waals surface area (Å²) in [5, 5.41) is 6.61. The predicted molar refractivity (Wildman–Crippen MR) is 206 cm³/mol. The van der Waals surface area contributed by atoms with Gasteiger partial charge in [0.1, 0.15) is 0 Å². The molecule has 0 N–H and O–H groups in total. The Balaban J connectivity index is 1.31. The van der Waals surface area contributed by atoms with Crippen LogP contribution in [0.25, 0.3) is 72.0 Å². The zero-order valence-corrected chi connectivity index (χ0v) is 28.3. The molecule has 2 unspecified atom stereocenters. The lowest BCUT2D eigenvalue weighted by atomic mass is 9.90. The summed E-state index contributed by atoms with van der Waals surface area (Å²) in [6.45, 7) is 8.23. The Labute approximate surface area is 282 Å². The highest BCUT2D eigenvalue weighted by atomic mass is 15.0. The lowest BCUT2D eigenvalue weighted by molar-refractivity contribution is 0.388. The smallest absolute Gasteiger partial charge is 0.0541 e.